The maximum atomic E-state index is 9.31. The second-order valence-electron chi connectivity index (χ2n) is 4.32. The van der Waals surface area contributed by atoms with E-state index in [0.717, 1.165) is 5.75 Å². The fraction of sp³-hybridized carbons (Fsp3) is 0.500. The van der Waals surface area contributed by atoms with E-state index in [0.29, 0.717) is 10.7 Å². The Kier molecular flexibility index (Phi) is 2.77. The quantitative estimate of drug-likeness (QED) is 0.856. The molecular weight excluding hydrogens is 256 g/mol. The average molecular weight is 271 g/mol. The van der Waals surface area contributed by atoms with Crippen molar-refractivity contribution in [2.75, 3.05) is 13.7 Å². The van der Waals surface area contributed by atoms with Gasteiger partial charge >= 0.3 is 0 Å². The summed E-state index contributed by atoms with van der Waals surface area (Å²) in [6.07, 6.45) is 0. The number of benzene rings is 1. The molecule has 0 aromatic heterocycles. The maximum absolute atomic E-state index is 9.31. The van der Waals surface area contributed by atoms with Gasteiger partial charge in [0, 0.05) is 16.2 Å². The Labute approximate surface area is 98.4 Å². The summed E-state index contributed by atoms with van der Waals surface area (Å²) >= 11 is 3.61. The van der Waals surface area contributed by atoms with Gasteiger partial charge in [0.15, 0.2) is 0 Å². The topological polar surface area (TPSA) is 29.5 Å². The molecule has 1 saturated carbocycles. The van der Waals surface area contributed by atoms with Crippen LogP contribution in [0.4, 0.5) is 0 Å². The SMILES string of the molecule is COc1ccc([C@H]2[C@@H](Br)[C@]2(C)CO)cc1. The minimum atomic E-state index is -0.00537. The van der Waals surface area contributed by atoms with E-state index in [1.165, 1.54) is 5.56 Å². The first kappa shape index (κ1) is 11.0. The molecule has 3 atom stereocenters. The summed E-state index contributed by atoms with van der Waals surface area (Å²) in [5.41, 5.74) is 1.25. The number of hydrogen-bond acceptors (Lipinski definition) is 2. The Morgan fingerprint density at radius 2 is 2.00 bits per heavy atom. The molecule has 1 aromatic rings. The second kappa shape index (κ2) is 3.80. The third kappa shape index (κ3) is 1.68. The van der Waals surface area contributed by atoms with Crippen LogP contribution in [0, 0.1) is 5.41 Å². The van der Waals surface area contributed by atoms with Crippen molar-refractivity contribution in [2.24, 2.45) is 5.41 Å². The fourth-order valence-electron chi connectivity index (χ4n) is 2.05. The molecule has 1 aliphatic rings. The minimum Gasteiger partial charge on any atom is -0.497 e. The van der Waals surface area contributed by atoms with Crippen molar-refractivity contribution in [3.05, 3.63) is 29.8 Å². The van der Waals surface area contributed by atoms with Crippen molar-refractivity contribution in [1.29, 1.82) is 0 Å². The molecule has 0 saturated heterocycles. The molecule has 3 heteroatoms. The summed E-state index contributed by atoms with van der Waals surface area (Å²) < 4.78 is 5.11. The van der Waals surface area contributed by atoms with Crippen LogP contribution >= 0.6 is 15.9 Å². The molecule has 0 spiro atoms. The number of hydrogen-bond donors (Lipinski definition) is 1. The van der Waals surface area contributed by atoms with E-state index >= 15 is 0 Å². The van der Waals surface area contributed by atoms with Crippen LogP contribution < -0.4 is 4.74 Å². The second-order valence-corrected chi connectivity index (χ2v) is 5.30. The van der Waals surface area contributed by atoms with Gasteiger partial charge in [-0.25, -0.2) is 0 Å². The Balaban J connectivity index is 2.19. The summed E-state index contributed by atoms with van der Waals surface area (Å²) in [6.45, 7) is 2.32. The first-order valence-corrected chi connectivity index (χ1v) is 5.94. The molecule has 2 rings (SSSR count). The van der Waals surface area contributed by atoms with Crippen LogP contribution in [0.2, 0.25) is 0 Å². The van der Waals surface area contributed by atoms with Crippen molar-refractivity contribution in [2.45, 2.75) is 17.7 Å². The molecule has 2 nitrogen and oxygen atoms in total. The van der Waals surface area contributed by atoms with E-state index in [9.17, 15) is 5.11 Å². The molecule has 82 valence electrons. The monoisotopic (exact) mass is 270 g/mol. The number of ether oxygens (including phenoxy) is 1. The molecule has 1 fully saturated rings. The van der Waals surface area contributed by atoms with Crippen LogP contribution in [0.15, 0.2) is 24.3 Å². The molecule has 0 heterocycles. The van der Waals surface area contributed by atoms with Crippen molar-refractivity contribution >= 4 is 15.9 Å². The Morgan fingerprint density at radius 3 is 2.40 bits per heavy atom. The summed E-state index contributed by atoms with van der Waals surface area (Å²) in [7, 11) is 1.66. The molecule has 0 unspecified atom stereocenters. The zero-order valence-electron chi connectivity index (χ0n) is 8.90. The molecule has 0 bridgehead atoms. The van der Waals surface area contributed by atoms with Gasteiger partial charge in [0.1, 0.15) is 5.75 Å². The smallest absolute Gasteiger partial charge is 0.118 e. The van der Waals surface area contributed by atoms with Gasteiger partial charge in [0.25, 0.3) is 0 Å². The van der Waals surface area contributed by atoms with E-state index in [-0.39, 0.29) is 12.0 Å². The molecule has 0 radical (unpaired) electrons. The van der Waals surface area contributed by atoms with Crippen molar-refractivity contribution in [3.63, 3.8) is 0 Å². The molecule has 1 aliphatic carbocycles. The van der Waals surface area contributed by atoms with Gasteiger partial charge in [0.05, 0.1) is 13.7 Å². The lowest BCUT2D eigenvalue weighted by molar-refractivity contribution is 0.221. The standard InChI is InChI=1S/C12H15BrO2/c1-12(7-14)10(11(12)13)8-3-5-9(15-2)6-4-8/h3-6,10-11,14H,7H2,1-2H3/t10-,11+,12+/m0/s1. The zero-order valence-corrected chi connectivity index (χ0v) is 10.5. The van der Waals surface area contributed by atoms with E-state index in [1.54, 1.807) is 7.11 Å². The molecule has 1 aromatic carbocycles. The summed E-state index contributed by atoms with van der Waals surface area (Å²) in [4.78, 5) is 0.378. The maximum Gasteiger partial charge on any atom is 0.118 e. The van der Waals surface area contributed by atoms with Crippen LogP contribution in [-0.2, 0) is 0 Å². The lowest BCUT2D eigenvalue weighted by Crippen LogP contribution is -2.05. The number of alkyl halides is 1. The number of aliphatic hydroxyl groups excluding tert-OH is 1. The normalized spacial score (nSPS) is 33.9. The van der Waals surface area contributed by atoms with Crippen molar-refractivity contribution < 1.29 is 9.84 Å². The van der Waals surface area contributed by atoms with Crippen LogP contribution in [-0.4, -0.2) is 23.7 Å². The first-order valence-electron chi connectivity index (χ1n) is 5.02. The predicted octanol–water partition coefficient (Wildman–Crippen LogP) is 2.55. The van der Waals surface area contributed by atoms with Gasteiger partial charge in [-0.15, -0.1) is 0 Å². The zero-order chi connectivity index (χ0) is 11.1. The highest BCUT2D eigenvalue weighted by Crippen LogP contribution is 2.63. The predicted molar refractivity (Wildman–Crippen MR) is 63.6 cm³/mol. The minimum absolute atomic E-state index is 0.00537. The Bertz CT molecular complexity index is 349. The van der Waals surface area contributed by atoms with Crippen molar-refractivity contribution in [3.8, 4) is 5.75 Å². The van der Waals surface area contributed by atoms with Crippen LogP contribution in [0.5, 0.6) is 5.75 Å². The molecule has 0 aliphatic heterocycles. The van der Waals surface area contributed by atoms with E-state index in [1.807, 2.05) is 12.1 Å². The first-order chi connectivity index (χ1) is 7.13. The highest BCUT2D eigenvalue weighted by molar-refractivity contribution is 9.09. The number of halogens is 1. The van der Waals surface area contributed by atoms with Gasteiger partial charge in [-0.1, -0.05) is 35.0 Å². The summed E-state index contributed by atoms with van der Waals surface area (Å²) in [5.74, 6) is 1.28. The highest BCUT2D eigenvalue weighted by atomic mass is 79.9. The lowest BCUT2D eigenvalue weighted by Gasteiger charge is -2.06. The molecule has 0 amide bonds. The lowest BCUT2D eigenvalue weighted by atomic mass is 10.0. The van der Waals surface area contributed by atoms with Crippen LogP contribution in [0.3, 0.4) is 0 Å². The van der Waals surface area contributed by atoms with Gasteiger partial charge < -0.3 is 9.84 Å². The van der Waals surface area contributed by atoms with E-state index < -0.39 is 0 Å². The Morgan fingerprint density at radius 1 is 1.40 bits per heavy atom. The van der Waals surface area contributed by atoms with Gasteiger partial charge in [-0.05, 0) is 17.7 Å². The Hall–Kier alpha value is -0.540. The average Bonchev–Trinajstić information content (AvgIpc) is 2.83. The summed E-state index contributed by atoms with van der Waals surface area (Å²) in [5, 5.41) is 9.31. The van der Waals surface area contributed by atoms with Crippen LogP contribution in [0.25, 0.3) is 0 Å². The van der Waals surface area contributed by atoms with Gasteiger partial charge in [-0.3, -0.25) is 0 Å². The molecule has 15 heavy (non-hydrogen) atoms. The number of aliphatic hydroxyl groups is 1. The van der Waals surface area contributed by atoms with Crippen molar-refractivity contribution in [1.82, 2.24) is 0 Å². The number of rotatable bonds is 3. The van der Waals surface area contributed by atoms with E-state index in [2.05, 4.69) is 35.0 Å². The highest BCUT2D eigenvalue weighted by Gasteiger charge is 2.60. The molecule has 1 N–H and O–H groups in total. The van der Waals surface area contributed by atoms with Gasteiger partial charge in [-0.2, -0.15) is 0 Å². The fourth-order valence-corrected chi connectivity index (χ4v) is 3.24. The number of methoxy groups -OCH3 is 1. The third-order valence-electron chi connectivity index (χ3n) is 3.34. The van der Waals surface area contributed by atoms with E-state index in [4.69, 9.17) is 4.74 Å². The van der Waals surface area contributed by atoms with Crippen LogP contribution in [0.1, 0.15) is 18.4 Å². The largest absolute Gasteiger partial charge is 0.497 e. The third-order valence-corrected chi connectivity index (χ3v) is 4.91. The van der Waals surface area contributed by atoms with Gasteiger partial charge in [0.2, 0.25) is 0 Å². The summed E-state index contributed by atoms with van der Waals surface area (Å²) in [6, 6.07) is 8.06. The molecular formula is C12H15BrO2.